The van der Waals surface area contributed by atoms with Gasteiger partial charge >= 0.3 is 0 Å². The SMILES string of the molecule is COc1c(F)cc(C(=O)C2CC3COCC(C2)N3)cc1F. The first-order chi connectivity index (χ1) is 10.1. The van der Waals surface area contributed by atoms with Crippen molar-refractivity contribution < 1.29 is 23.0 Å². The van der Waals surface area contributed by atoms with E-state index in [4.69, 9.17) is 4.74 Å². The number of nitrogens with one attached hydrogen (secondary N) is 1. The number of ether oxygens (including phenoxy) is 2. The van der Waals surface area contributed by atoms with E-state index in [1.54, 1.807) is 0 Å². The van der Waals surface area contributed by atoms with Gasteiger partial charge in [0.1, 0.15) is 0 Å². The predicted molar refractivity (Wildman–Crippen MR) is 71.5 cm³/mol. The summed E-state index contributed by atoms with van der Waals surface area (Å²) in [7, 11) is 1.19. The maximum Gasteiger partial charge on any atom is 0.190 e. The summed E-state index contributed by atoms with van der Waals surface area (Å²) < 4.78 is 37.5. The van der Waals surface area contributed by atoms with Gasteiger partial charge in [-0.1, -0.05) is 0 Å². The molecule has 2 unspecified atom stereocenters. The molecule has 3 rings (SSSR count). The third-order valence-corrected chi connectivity index (χ3v) is 4.11. The van der Waals surface area contributed by atoms with Crippen LogP contribution < -0.4 is 10.1 Å². The maximum absolute atomic E-state index is 13.7. The predicted octanol–water partition coefficient (Wildman–Crippen LogP) is 1.92. The number of fused-ring (bicyclic) bond motifs is 2. The fraction of sp³-hybridized carbons (Fsp3) is 0.533. The van der Waals surface area contributed by atoms with E-state index in [1.165, 1.54) is 7.11 Å². The van der Waals surface area contributed by atoms with Crippen LogP contribution in [-0.2, 0) is 4.74 Å². The molecule has 1 N–H and O–H groups in total. The van der Waals surface area contributed by atoms with Gasteiger partial charge in [-0.2, -0.15) is 0 Å². The first kappa shape index (κ1) is 14.4. The molecule has 4 nitrogen and oxygen atoms in total. The van der Waals surface area contributed by atoms with E-state index >= 15 is 0 Å². The van der Waals surface area contributed by atoms with Crippen molar-refractivity contribution in [1.29, 1.82) is 0 Å². The summed E-state index contributed by atoms with van der Waals surface area (Å²) in [6, 6.07) is 2.38. The molecule has 114 valence electrons. The smallest absolute Gasteiger partial charge is 0.190 e. The molecule has 1 aromatic rings. The Morgan fingerprint density at radius 1 is 1.24 bits per heavy atom. The molecule has 2 fully saturated rings. The van der Waals surface area contributed by atoms with Gasteiger partial charge in [0.05, 0.1) is 20.3 Å². The Kier molecular flexibility index (Phi) is 3.91. The lowest BCUT2D eigenvalue weighted by molar-refractivity contribution is 0.00951. The molecule has 0 amide bonds. The number of carbonyl (C=O) groups excluding carboxylic acids is 1. The molecule has 2 saturated heterocycles. The molecule has 2 aliphatic heterocycles. The molecule has 2 aliphatic rings. The number of rotatable bonds is 3. The van der Waals surface area contributed by atoms with E-state index < -0.39 is 17.4 Å². The topological polar surface area (TPSA) is 47.6 Å². The molecule has 0 radical (unpaired) electrons. The first-order valence-electron chi connectivity index (χ1n) is 6.99. The van der Waals surface area contributed by atoms with Gasteiger partial charge in [0.15, 0.2) is 23.2 Å². The second-order valence-electron chi connectivity index (χ2n) is 5.60. The molecule has 6 heteroatoms. The average Bonchev–Trinajstić information content (AvgIpc) is 2.45. The molecule has 2 heterocycles. The second-order valence-corrected chi connectivity index (χ2v) is 5.60. The molecule has 21 heavy (non-hydrogen) atoms. The van der Waals surface area contributed by atoms with Gasteiger partial charge in [-0.25, -0.2) is 8.78 Å². The van der Waals surface area contributed by atoms with Gasteiger partial charge in [-0.05, 0) is 25.0 Å². The Hall–Kier alpha value is -1.53. The number of halogens is 2. The van der Waals surface area contributed by atoms with Crippen molar-refractivity contribution in [1.82, 2.24) is 5.32 Å². The highest BCUT2D eigenvalue weighted by atomic mass is 19.1. The Morgan fingerprint density at radius 3 is 2.33 bits per heavy atom. The van der Waals surface area contributed by atoms with Gasteiger partial charge in [0.25, 0.3) is 0 Å². The zero-order chi connectivity index (χ0) is 15.0. The van der Waals surface area contributed by atoms with Crippen molar-refractivity contribution in [2.45, 2.75) is 24.9 Å². The van der Waals surface area contributed by atoms with E-state index in [1.807, 2.05) is 0 Å². The standard InChI is InChI=1S/C15H17F2NO3/c1-20-15-12(16)4-9(5-13(15)17)14(19)8-2-10-6-21-7-11(3-8)18-10/h4-5,8,10-11,18H,2-3,6-7H2,1H3. The van der Waals surface area contributed by atoms with Crippen LogP contribution in [-0.4, -0.2) is 38.2 Å². The summed E-state index contributed by atoms with van der Waals surface area (Å²) in [5, 5.41) is 3.38. The Bertz CT molecular complexity index is 529. The van der Waals surface area contributed by atoms with Gasteiger partial charge in [0, 0.05) is 23.6 Å². The van der Waals surface area contributed by atoms with E-state index in [0.29, 0.717) is 26.1 Å². The van der Waals surface area contributed by atoms with E-state index in [0.717, 1.165) is 12.1 Å². The molecule has 2 bridgehead atoms. The van der Waals surface area contributed by atoms with Crippen molar-refractivity contribution >= 4 is 5.78 Å². The number of methoxy groups -OCH3 is 1. The Labute approximate surface area is 121 Å². The van der Waals surface area contributed by atoms with Crippen LogP contribution >= 0.6 is 0 Å². The molecular formula is C15H17F2NO3. The normalized spacial score (nSPS) is 28.2. The average molecular weight is 297 g/mol. The monoisotopic (exact) mass is 297 g/mol. The van der Waals surface area contributed by atoms with Crippen LogP contribution in [0.2, 0.25) is 0 Å². The summed E-state index contributed by atoms with van der Waals surface area (Å²) in [6.45, 7) is 1.15. The maximum atomic E-state index is 13.7. The number of Topliss-reactive ketones (excluding diaryl/α,β-unsaturated/α-hetero) is 1. The van der Waals surface area contributed by atoms with Crippen LogP contribution in [0.25, 0.3) is 0 Å². The first-order valence-corrected chi connectivity index (χ1v) is 6.99. The van der Waals surface area contributed by atoms with Crippen LogP contribution in [0.1, 0.15) is 23.2 Å². The van der Waals surface area contributed by atoms with Crippen molar-refractivity contribution in [3.8, 4) is 5.75 Å². The lowest BCUT2D eigenvalue weighted by Gasteiger charge is -2.39. The van der Waals surface area contributed by atoms with Crippen molar-refractivity contribution in [3.05, 3.63) is 29.3 Å². The van der Waals surface area contributed by atoms with Crippen molar-refractivity contribution in [2.75, 3.05) is 20.3 Å². The Balaban J connectivity index is 1.82. The van der Waals surface area contributed by atoms with Crippen molar-refractivity contribution in [2.24, 2.45) is 5.92 Å². The summed E-state index contributed by atoms with van der Waals surface area (Å²) in [4.78, 5) is 12.5. The van der Waals surface area contributed by atoms with Crippen LogP contribution in [0.3, 0.4) is 0 Å². The highest BCUT2D eigenvalue weighted by Gasteiger charge is 2.36. The summed E-state index contributed by atoms with van der Waals surface area (Å²) in [5.74, 6) is -2.59. The zero-order valence-corrected chi connectivity index (χ0v) is 11.7. The number of ketones is 1. The van der Waals surface area contributed by atoms with Gasteiger partial charge < -0.3 is 14.8 Å². The number of carbonyl (C=O) groups is 1. The molecule has 0 aliphatic carbocycles. The third kappa shape index (κ3) is 2.78. The Morgan fingerprint density at radius 2 is 1.81 bits per heavy atom. The minimum Gasteiger partial charge on any atom is -0.491 e. The molecule has 0 spiro atoms. The summed E-state index contributed by atoms with van der Waals surface area (Å²) in [5.41, 5.74) is 0.0664. The van der Waals surface area contributed by atoms with E-state index in [9.17, 15) is 13.6 Å². The highest BCUT2D eigenvalue weighted by Crippen LogP contribution is 2.29. The number of hydrogen-bond donors (Lipinski definition) is 1. The molecule has 0 saturated carbocycles. The zero-order valence-electron chi connectivity index (χ0n) is 11.7. The lowest BCUT2D eigenvalue weighted by Crippen LogP contribution is -2.55. The van der Waals surface area contributed by atoms with Gasteiger partial charge in [-0.15, -0.1) is 0 Å². The summed E-state index contributed by atoms with van der Waals surface area (Å²) >= 11 is 0. The molecular weight excluding hydrogens is 280 g/mol. The van der Waals surface area contributed by atoms with Gasteiger partial charge in [-0.3, -0.25) is 4.79 Å². The highest BCUT2D eigenvalue weighted by molar-refractivity contribution is 5.98. The van der Waals surface area contributed by atoms with Crippen molar-refractivity contribution in [3.63, 3.8) is 0 Å². The minimum absolute atomic E-state index is 0.0664. The minimum atomic E-state index is -0.849. The number of piperidine rings is 1. The number of benzene rings is 1. The van der Waals surface area contributed by atoms with E-state index in [-0.39, 0.29) is 29.3 Å². The quantitative estimate of drug-likeness (QED) is 0.866. The molecule has 2 atom stereocenters. The third-order valence-electron chi connectivity index (χ3n) is 4.11. The van der Waals surface area contributed by atoms with Crippen LogP contribution in [0.15, 0.2) is 12.1 Å². The van der Waals surface area contributed by atoms with Crippen LogP contribution in [0, 0.1) is 17.6 Å². The van der Waals surface area contributed by atoms with E-state index in [2.05, 4.69) is 10.1 Å². The lowest BCUT2D eigenvalue weighted by atomic mass is 9.82. The number of morpholine rings is 1. The van der Waals surface area contributed by atoms with Gasteiger partial charge in [0.2, 0.25) is 0 Å². The molecule has 0 aromatic heterocycles. The van der Waals surface area contributed by atoms with Crippen LogP contribution in [0.5, 0.6) is 5.75 Å². The molecule has 1 aromatic carbocycles. The second kappa shape index (κ2) is 5.69. The largest absolute Gasteiger partial charge is 0.491 e. The number of hydrogen-bond acceptors (Lipinski definition) is 4. The fourth-order valence-electron chi connectivity index (χ4n) is 3.18. The summed E-state index contributed by atoms with van der Waals surface area (Å²) in [6.07, 6.45) is 1.26. The fourth-order valence-corrected chi connectivity index (χ4v) is 3.18. The van der Waals surface area contributed by atoms with Crippen LogP contribution in [0.4, 0.5) is 8.78 Å².